The molecule has 13 heavy (non-hydrogen) atoms. The number of fused-ring (bicyclic) bond motifs is 1. The second kappa shape index (κ2) is 2.92. The second-order valence-corrected chi connectivity index (χ2v) is 3.35. The first kappa shape index (κ1) is 8.37. The lowest BCUT2D eigenvalue weighted by atomic mass is 10.3. The van der Waals surface area contributed by atoms with Crippen LogP contribution in [-0.4, -0.2) is 12.1 Å². The number of oxazole rings is 1. The highest BCUT2D eigenvalue weighted by Crippen LogP contribution is 2.28. The third kappa shape index (κ3) is 1.35. The molecule has 0 aliphatic carbocycles. The van der Waals surface area contributed by atoms with Crippen LogP contribution in [0.1, 0.15) is 0 Å². The highest BCUT2D eigenvalue weighted by atomic mass is 79.9. The Hall–Kier alpha value is -1.23. The molecule has 5 heteroatoms. The summed E-state index contributed by atoms with van der Waals surface area (Å²) in [6.45, 7) is 0. The van der Waals surface area contributed by atoms with Crippen LogP contribution < -0.4 is 10.5 Å². The van der Waals surface area contributed by atoms with Crippen molar-refractivity contribution < 1.29 is 9.15 Å². The van der Waals surface area contributed by atoms with E-state index in [1.54, 1.807) is 19.2 Å². The van der Waals surface area contributed by atoms with Crippen molar-refractivity contribution in [3.63, 3.8) is 0 Å². The normalized spacial score (nSPS) is 10.6. The van der Waals surface area contributed by atoms with Crippen LogP contribution in [0.2, 0.25) is 0 Å². The van der Waals surface area contributed by atoms with E-state index in [-0.39, 0.29) is 0 Å². The molecule has 0 amide bonds. The maximum Gasteiger partial charge on any atom is 0.417 e. The molecule has 68 valence electrons. The van der Waals surface area contributed by atoms with E-state index in [2.05, 4.69) is 20.9 Å². The van der Waals surface area contributed by atoms with Crippen molar-refractivity contribution in [2.24, 2.45) is 0 Å². The van der Waals surface area contributed by atoms with Gasteiger partial charge in [-0.1, -0.05) is 0 Å². The molecule has 2 aromatic rings. The van der Waals surface area contributed by atoms with Gasteiger partial charge >= 0.3 is 5.76 Å². The first-order chi connectivity index (χ1) is 6.20. The van der Waals surface area contributed by atoms with Crippen molar-refractivity contribution in [1.29, 1.82) is 0 Å². The van der Waals surface area contributed by atoms with Gasteiger partial charge in [-0.05, 0) is 15.9 Å². The predicted molar refractivity (Wildman–Crippen MR) is 51.1 cm³/mol. The molecule has 1 aromatic carbocycles. The smallest absolute Gasteiger partial charge is 0.417 e. The summed E-state index contributed by atoms with van der Waals surface area (Å²) in [4.78, 5) is 13.4. The van der Waals surface area contributed by atoms with E-state index >= 15 is 0 Å². The van der Waals surface area contributed by atoms with Gasteiger partial charge in [0.05, 0.1) is 17.1 Å². The number of halogens is 1. The number of aromatic amines is 1. The zero-order valence-electron chi connectivity index (χ0n) is 6.76. The van der Waals surface area contributed by atoms with Gasteiger partial charge in [0.1, 0.15) is 5.75 Å². The summed E-state index contributed by atoms with van der Waals surface area (Å²) in [5, 5.41) is 0. The lowest BCUT2D eigenvalue weighted by Crippen LogP contribution is -1.92. The van der Waals surface area contributed by atoms with Gasteiger partial charge in [-0.15, -0.1) is 0 Å². The Bertz CT molecular complexity index is 500. The minimum Gasteiger partial charge on any atom is -0.495 e. The highest BCUT2D eigenvalue weighted by molar-refractivity contribution is 9.10. The van der Waals surface area contributed by atoms with Crippen molar-refractivity contribution in [3.8, 4) is 5.75 Å². The SMILES string of the molecule is COc1cc2[nH]c(=O)oc2cc1Br. The van der Waals surface area contributed by atoms with E-state index in [9.17, 15) is 4.79 Å². The lowest BCUT2D eigenvalue weighted by Gasteiger charge is -2.00. The standard InChI is InChI=1S/C8H6BrNO3/c1-12-6-3-5-7(2-4(6)9)13-8(11)10-5/h2-3H,1H3,(H,10,11). The summed E-state index contributed by atoms with van der Waals surface area (Å²) in [6.07, 6.45) is 0. The molecule has 0 atom stereocenters. The molecule has 4 nitrogen and oxygen atoms in total. The fourth-order valence-electron chi connectivity index (χ4n) is 1.11. The number of hydrogen-bond donors (Lipinski definition) is 1. The zero-order valence-corrected chi connectivity index (χ0v) is 8.34. The average Bonchev–Trinajstić information content (AvgIpc) is 2.42. The summed E-state index contributed by atoms with van der Waals surface area (Å²) in [5.41, 5.74) is 1.14. The summed E-state index contributed by atoms with van der Waals surface area (Å²) in [6, 6.07) is 3.39. The van der Waals surface area contributed by atoms with Crippen LogP contribution in [-0.2, 0) is 0 Å². The average molecular weight is 244 g/mol. The van der Waals surface area contributed by atoms with Crippen molar-refractivity contribution in [3.05, 3.63) is 27.2 Å². The third-order valence-corrected chi connectivity index (χ3v) is 2.31. The number of methoxy groups -OCH3 is 1. The fourth-order valence-corrected chi connectivity index (χ4v) is 1.59. The Morgan fingerprint density at radius 2 is 2.31 bits per heavy atom. The van der Waals surface area contributed by atoms with E-state index in [1.807, 2.05) is 0 Å². The minimum absolute atomic E-state index is 0.463. The number of ether oxygens (including phenoxy) is 1. The van der Waals surface area contributed by atoms with E-state index in [1.165, 1.54) is 0 Å². The summed E-state index contributed by atoms with van der Waals surface area (Å²) in [5.74, 6) is 0.194. The Morgan fingerprint density at radius 3 is 3.00 bits per heavy atom. The number of rotatable bonds is 1. The quantitative estimate of drug-likeness (QED) is 0.833. The van der Waals surface area contributed by atoms with Gasteiger partial charge in [-0.25, -0.2) is 4.79 Å². The largest absolute Gasteiger partial charge is 0.495 e. The molecule has 1 N–H and O–H groups in total. The molecule has 1 heterocycles. The van der Waals surface area contributed by atoms with Gasteiger partial charge < -0.3 is 9.15 Å². The molecule has 1 aromatic heterocycles. The third-order valence-electron chi connectivity index (χ3n) is 1.69. The number of benzene rings is 1. The van der Waals surface area contributed by atoms with Crippen molar-refractivity contribution in [1.82, 2.24) is 4.98 Å². The summed E-state index contributed by atoms with van der Waals surface area (Å²) < 4.78 is 10.7. The number of hydrogen-bond acceptors (Lipinski definition) is 3. The molecule has 0 unspecified atom stereocenters. The van der Waals surface area contributed by atoms with Gasteiger partial charge in [0.25, 0.3) is 0 Å². The molecule has 0 aliphatic heterocycles. The van der Waals surface area contributed by atoms with Gasteiger partial charge in [0.15, 0.2) is 5.58 Å². The molecule has 0 fully saturated rings. The Balaban J connectivity index is 2.80. The molecule has 0 aliphatic rings. The van der Waals surface area contributed by atoms with Gasteiger partial charge in [0, 0.05) is 12.1 Å². The maximum atomic E-state index is 10.8. The van der Waals surface area contributed by atoms with Crippen LogP contribution in [0.3, 0.4) is 0 Å². The Labute approximate surface area is 81.6 Å². The van der Waals surface area contributed by atoms with Crippen molar-refractivity contribution in [2.75, 3.05) is 7.11 Å². The van der Waals surface area contributed by atoms with Crippen LogP contribution in [0, 0.1) is 0 Å². The molecule has 0 spiro atoms. The van der Waals surface area contributed by atoms with E-state index in [0.29, 0.717) is 16.8 Å². The number of nitrogens with one attached hydrogen (secondary N) is 1. The van der Waals surface area contributed by atoms with Gasteiger partial charge in [0.2, 0.25) is 0 Å². The van der Waals surface area contributed by atoms with Gasteiger partial charge in [-0.3, -0.25) is 4.98 Å². The summed E-state index contributed by atoms with van der Waals surface area (Å²) in [7, 11) is 1.56. The lowest BCUT2D eigenvalue weighted by molar-refractivity contribution is 0.412. The van der Waals surface area contributed by atoms with Crippen LogP contribution in [0.4, 0.5) is 0 Å². The Kier molecular flexibility index (Phi) is 1.88. The van der Waals surface area contributed by atoms with Crippen LogP contribution >= 0.6 is 15.9 Å². The van der Waals surface area contributed by atoms with Crippen LogP contribution in [0.25, 0.3) is 11.1 Å². The predicted octanol–water partition coefficient (Wildman–Crippen LogP) is 1.89. The summed E-state index contributed by atoms with van der Waals surface area (Å²) >= 11 is 3.29. The maximum absolute atomic E-state index is 10.8. The first-order valence-corrected chi connectivity index (χ1v) is 4.36. The molecule has 0 saturated carbocycles. The minimum atomic E-state index is -0.463. The van der Waals surface area contributed by atoms with E-state index in [4.69, 9.17) is 9.15 Å². The fraction of sp³-hybridized carbons (Fsp3) is 0.125. The monoisotopic (exact) mass is 243 g/mol. The topological polar surface area (TPSA) is 55.2 Å². The zero-order chi connectivity index (χ0) is 9.42. The van der Waals surface area contributed by atoms with Gasteiger partial charge in [-0.2, -0.15) is 0 Å². The van der Waals surface area contributed by atoms with Crippen molar-refractivity contribution in [2.45, 2.75) is 0 Å². The molecular formula is C8H6BrNO3. The molecule has 2 rings (SSSR count). The number of H-pyrrole nitrogens is 1. The molecule has 0 bridgehead atoms. The molecule has 0 radical (unpaired) electrons. The van der Waals surface area contributed by atoms with Crippen molar-refractivity contribution >= 4 is 27.0 Å². The molecule has 0 saturated heterocycles. The van der Waals surface area contributed by atoms with E-state index < -0.39 is 5.76 Å². The number of aromatic nitrogens is 1. The second-order valence-electron chi connectivity index (χ2n) is 2.50. The molecular weight excluding hydrogens is 238 g/mol. The Morgan fingerprint density at radius 1 is 1.54 bits per heavy atom. The van der Waals surface area contributed by atoms with Crippen LogP contribution in [0.15, 0.2) is 25.8 Å². The van der Waals surface area contributed by atoms with Crippen LogP contribution in [0.5, 0.6) is 5.75 Å². The highest BCUT2D eigenvalue weighted by Gasteiger charge is 2.06. The first-order valence-electron chi connectivity index (χ1n) is 3.57. The van der Waals surface area contributed by atoms with E-state index in [0.717, 1.165) is 4.47 Å².